The lowest BCUT2D eigenvalue weighted by Crippen LogP contribution is -2.29. The van der Waals surface area contributed by atoms with Gasteiger partial charge in [0, 0.05) is 24.1 Å². The van der Waals surface area contributed by atoms with Crippen LogP contribution in [0.1, 0.15) is 5.56 Å². The van der Waals surface area contributed by atoms with Gasteiger partial charge in [-0.05, 0) is 11.6 Å². The molecule has 0 aromatic heterocycles. The molecule has 6 heteroatoms. The first-order valence-electron chi connectivity index (χ1n) is 4.58. The smallest absolute Gasteiger partial charge is 0.201 e. The maximum Gasteiger partial charge on any atom is 0.279 e. The summed E-state index contributed by atoms with van der Waals surface area (Å²) < 4.78 is 27.8. The number of nitrogens with one attached hydrogen (secondary N) is 1. The van der Waals surface area contributed by atoms with Gasteiger partial charge in [0.15, 0.2) is 0 Å². The summed E-state index contributed by atoms with van der Waals surface area (Å²) in [5, 5.41) is 0. The fraction of sp³-hybridized carbons (Fsp3) is 0.333. The molecule has 15 heavy (non-hydrogen) atoms. The maximum absolute atomic E-state index is 11.5. The van der Waals surface area contributed by atoms with Crippen molar-refractivity contribution in [2.24, 2.45) is 0 Å². The molecule has 0 spiro atoms. The van der Waals surface area contributed by atoms with Crippen molar-refractivity contribution < 1.29 is 8.42 Å². The summed E-state index contributed by atoms with van der Waals surface area (Å²) in [5.74, 6) is 0. The molecule has 1 aromatic rings. The van der Waals surface area contributed by atoms with Gasteiger partial charge in [-0.3, -0.25) is 0 Å². The number of hydrogen-bond donors (Lipinski definition) is 1. The number of hydrogen-bond acceptors (Lipinski definition) is 2. The molecule has 0 atom stereocenters. The summed E-state index contributed by atoms with van der Waals surface area (Å²) in [6.07, 6.45) is 0. The van der Waals surface area contributed by atoms with E-state index in [9.17, 15) is 8.42 Å². The first kappa shape index (κ1) is 11.1. The lowest BCUT2D eigenvalue weighted by Gasteiger charge is -2.14. The summed E-state index contributed by atoms with van der Waals surface area (Å²) in [4.78, 5) is 0. The second kappa shape index (κ2) is 4.21. The highest BCUT2D eigenvalue weighted by molar-refractivity contribution is 9.10. The molecule has 1 fully saturated rings. The van der Waals surface area contributed by atoms with E-state index in [1.807, 2.05) is 24.3 Å². The minimum atomic E-state index is -3.24. The first-order valence-corrected chi connectivity index (χ1v) is 6.81. The van der Waals surface area contributed by atoms with E-state index < -0.39 is 10.2 Å². The molecule has 1 N–H and O–H groups in total. The highest BCUT2D eigenvalue weighted by atomic mass is 79.9. The Hall–Kier alpha value is -0.430. The van der Waals surface area contributed by atoms with Crippen LogP contribution in [0.25, 0.3) is 0 Å². The average Bonchev–Trinajstić information content (AvgIpc) is 2.50. The van der Waals surface area contributed by atoms with Gasteiger partial charge in [0.1, 0.15) is 0 Å². The normalized spacial score (nSPS) is 20.6. The Balaban J connectivity index is 2.20. The Labute approximate surface area is 97.6 Å². The first-order chi connectivity index (χ1) is 7.09. The van der Waals surface area contributed by atoms with Crippen molar-refractivity contribution in [2.75, 3.05) is 13.1 Å². The van der Waals surface area contributed by atoms with E-state index in [4.69, 9.17) is 0 Å². The van der Waals surface area contributed by atoms with Crippen LogP contribution in [0.4, 0.5) is 0 Å². The van der Waals surface area contributed by atoms with Gasteiger partial charge in [0.2, 0.25) is 0 Å². The molecule has 0 saturated carbocycles. The predicted molar refractivity (Wildman–Crippen MR) is 61.5 cm³/mol. The summed E-state index contributed by atoms with van der Waals surface area (Å²) in [7, 11) is -3.24. The minimum Gasteiger partial charge on any atom is -0.201 e. The number of rotatable bonds is 2. The van der Waals surface area contributed by atoms with Crippen LogP contribution in [0, 0.1) is 0 Å². The van der Waals surface area contributed by atoms with Gasteiger partial charge >= 0.3 is 0 Å². The zero-order valence-corrected chi connectivity index (χ0v) is 10.4. The Kier molecular flexibility index (Phi) is 3.11. The van der Waals surface area contributed by atoms with E-state index in [0.717, 1.165) is 10.0 Å². The highest BCUT2D eigenvalue weighted by Gasteiger charge is 2.27. The van der Waals surface area contributed by atoms with Crippen molar-refractivity contribution in [3.8, 4) is 0 Å². The molecule has 0 unspecified atom stereocenters. The molecule has 82 valence electrons. The highest BCUT2D eigenvalue weighted by Crippen LogP contribution is 2.19. The fourth-order valence-corrected chi connectivity index (χ4v) is 3.07. The molecular formula is C9H11BrN2O2S. The Bertz CT molecular complexity index is 461. The zero-order chi connectivity index (χ0) is 10.9. The lowest BCUT2D eigenvalue weighted by atomic mass is 10.2. The van der Waals surface area contributed by atoms with E-state index in [-0.39, 0.29) is 0 Å². The van der Waals surface area contributed by atoms with E-state index in [0.29, 0.717) is 19.6 Å². The minimum absolute atomic E-state index is 0.413. The van der Waals surface area contributed by atoms with Crippen LogP contribution in [0.3, 0.4) is 0 Å². The molecule has 0 amide bonds. The quantitative estimate of drug-likeness (QED) is 0.887. The van der Waals surface area contributed by atoms with Gasteiger partial charge in [-0.1, -0.05) is 34.1 Å². The van der Waals surface area contributed by atoms with Crippen molar-refractivity contribution >= 4 is 26.1 Å². The van der Waals surface area contributed by atoms with Crippen LogP contribution in [-0.4, -0.2) is 25.8 Å². The third kappa shape index (κ3) is 2.39. The third-order valence-electron chi connectivity index (χ3n) is 2.29. The van der Waals surface area contributed by atoms with Gasteiger partial charge in [0.25, 0.3) is 10.2 Å². The molecule has 2 rings (SSSR count). The summed E-state index contributed by atoms with van der Waals surface area (Å²) >= 11 is 3.40. The van der Waals surface area contributed by atoms with E-state index in [1.165, 1.54) is 4.31 Å². The predicted octanol–water partition coefficient (Wildman–Crippen LogP) is 1.10. The van der Waals surface area contributed by atoms with Crippen LogP contribution in [0.15, 0.2) is 28.7 Å². The molecule has 0 aliphatic carbocycles. The Morgan fingerprint density at radius 3 is 2.73 bits per heavy atom. The number of benzene rings is 1. The largest absolute Gasteiger partial charge is 0.279 e. The van der Waals surface area contributed by atoms with Gasteiger partial charge < -0.3 is 0 Å². The van der Waals surface area contributed by atoms with Crippen molar-refractivity contribution in [1.29, 1.82) is 0 Å². The fourth-order valence-electron chi connectivity index (χ4n) is 1.49. The zero-order valence-electron chi connectivity index (χ0n) is 7.98. The Morgan fingerprint density at radius 2 is 2.13 bits per heavy atom. The summed E-state index contributed by atoms with van der Waals surface area (Å²) in [6.45, 7) is 1.44. The molecule has 1 aliphatic rings. The summed E-state index contributed by atoms with van der Waals surface area (Å²) in [6, 6.07) is 7.63. The van der Waals surface area contributed by atoms with Gasteiger partial charge in [-0.25, -0.2) is 4.72 Å². The van der Waals surface area contributed by atoms with Crippen molar-refractivity contribution in [1.82, 2.24) is 9.03 Å². The molecule has 0 radical (unpaired) electrons. The summed E-state index contributed by atoms with van der Waals surface area (Å²) in [5.41, 5.74) is 0.977. The number of nitrogens with zero attached hydrogens (tertiary/aromatic N) is 1. The molecule has 1 saturated heterocycles. The van der Waals surface area contributed by atoms with Crippen LogP contribution < -0.4 is 4.72 Å². The van der Waals surface area contributed by atoms with Gasteiger partial charge in [0.05, 0.1) is 0 Å². The van der Waals surface area contributed by atoms with Crippen molar-refractivity contribution in [2.45, 2.75) is 6.54 Å². The van der Waals surface area contributed by atoms with Gasteiger partial charge in [-0.2, -0.15) is 12.7 Å². The standard InChI is InChI=1S/C9H11BrN2O2S/c10-9-4-2-1-3-8(9)7-12-6-5-11-15(12,13)14/h1-4,11H,5-7H2. The molecular weight excluding hydrogens is 280 g/mol. The van der Waals surface area contributed by atoms with Crippen LogP contribution >= 0.6 is 15.9 Å². The molecule has 1 aliphatic heterocycles. The third-order valence-corrected chi connectivity index (χ3v) is 4.62. The second-order valence-electron chi connectivity index (χ2n) is 3.32. The van der Waals surface area contributed by atoms with Crippen LogP contribution in [0.2, 0.25) is 0 Å². The van der Waals surface area contributed by atoms with E-state index in [1.54, 1.807) is 0 Å². The van der Waals surface area contributed by atoms with E-state index in [2.05, 4.69) is 20.7 Å². The molecule has 0 bridgehead atoms. The topological polar surface area (TPSA) is 49.4 Å². The van der Waals surface area contributed by atoms with Crippen LogP contribution in [-0.2, 0) is 16.8 Å². The number of halogens is 1. The lowest BCUT2D eigenvalue weighted by molar-refractivity contribution is 0.445. The maximum atomic E-state index is 11.5. The van der Waals surface area contributed by atoms with E-state index >= 15 is 0 Å². The van der Waals surface area contributed by atoms with Crippen LogP contribution in [0.5, 0.6) is 0 Å². The molecule has 1 aromatic carbocycles. The van der Waals surface area contributed by atoms with Gasteiger partial charge in [-0.15, -0.1) is 0 Å². The van der Waals surface area contributed by atoms with Crippen molar-refractivity contribution in [3.05, 3.63) is 34.3 Å². The Morgan fingerprint density at radius 1 is 1.40 bits per heavy atom. The SMILES string of the molecule is O=S1(=O)NCCN1Cc1ccccc1Br. The second-order valence-corrected chi connectivity index (χ2v) is 5.93. The van der Waals surface area contributed by atoms with Crippen molar-refractivity contribution in [3.63, 3.8) is 0 Å². The molecule has 1 heterocycles. The monoisotopic (exact) mass is 290 g/mol. The molecule has 4 nitrogen and oxygen atoms in total. The average molecular weight is 291 g/mol.